The van der Waals surface area contributed by atoms with E-state index in [-0.39, 0.29) is 24.6 Å². The summed E-state index contributed by atoms with van der Waals surface area (Å²) in [5.41, 5.74) is 2.68. The lowest BCUT2D eigenvalue weighted by atomic mass is 10.1. The maximum atomic E-state index is 13.2. The Morgan fingerprint density at radius 2 is 1.86 bits per heavy atom. The first-order chi connectivity index (χ1) is 14.1. The Bertz CT molecular complexity index is 1420. The first kappa shape index (κ1) is 17.6. The zero-order chi connectivity index (χ0) is 20.1. The summed E-state index contributed by atoms with van der Waals surface area (Å²) in [5.74, 6) is -0.878. The minimum Gasteiger partial charge on any atom is -0.465 e. The van der Waals surface area contributed by atoms with Gasteiger partial charge in [-0.1, -0.05) is 41.7 Å². The summed E-state index contributed by atoms with van der Waals surface area (Å²) in [4.78, 5) is 44.9. The average Bonchev–Trinajstić information content (AvgIpc) is 3.32. The van der Waals surface area contributed by atoms with Crippen molar-refractivity contribution >= 4 is 50.5 Å². The molecule has 1 amide bonds. The number of thiazole rings is 1. The lowest BCUT2D eigenvalue weighted by molar-refractivity contribution is -0.142. The van der Waals surface area contributed by atoms with Crippen molar-refractivity contribution in [3.05, 3.63) is 69.0 Å². The van der Waals surface area contributed by atoms with Crippen molar-refractivity contribution in [2.45, 2.75) is 6.92 Å². The van der Waals surface area contributed by atoms with Gasteiger partial charge in [-0.3, -0.25) is 19.3 Å². The van der Waals surface area contributed by atoms with Gasteiger partial charge in [0.25, 0.3) is 11.5 Å². The van der Waals surface area contributed by atoms with Gasteiger partial charge in [-0.2, -0.15) is 0 Å². The molecular weight excluding hydrogens is 390 g/mol. The highest BCUT2D eigenvalue weighted by Crippen LogP contribution is 2.35. The normalized spacial score (nSPS) is 15.3. The molecule has 0 spiro atoms. The van der Waals surface area contributed by atoms with E-state index in [1.807, 2.05) is 24.3 Å². The van der Waals surface area contributed by atoms with Crippen molar-refractivity contribution in [3.8, 4) is 0 Å². The van der Waals surface area contributed by atoms with Gasteiger partial charge in [0, 0.05) is 5.56 Å². The van der Waals surface area contributed by atoms with Gasteiger partial charge < -0.3 is 4.74 Å². The predicted molar refractivity (Wildman–Crippen MR) is 110 cm³/mol. The van der Waals surface area contributed by atoms with Crippen molar-refractivity contribution < 1.29 is 14.3 Å². The summed E-state index contributed by atoms with van der Waals surface area (Å²) < 4.78 is 6.86. The molecule has 0 fully saturated rings. The van der Waals surface area contributed by atoms with Crippen molar-refractivity contribution in [2.24, 2.45) is 0 Å². The number of rotatable bonds is 3. The van der Waals surface area contributed by atoms with E-state index in [1.54, 1.807) is 31.2 Å². The van der Waals surface area contributed by atoms with E-state index in [1.165, 1.54) is 20.6 Å². The van der Waals surface area contributed by atoms with E-state index >= 15 is 0 Å². The summed E-state index contributed by atoms with van der Waals surface area (Å²) in [7, 11) is 0. The number of para-hydroxylation sites is 3. The number of hydrogen-bond acceptors (Lipinski definition) is 6. The fourth-order valence-corrected chi connectivity index (χ4v) is 4.73. The number of carbonyl (C=O) groups excluding carboxylic acids is 2. The van der Waals surface area contributed by atoms with Crippen LogP contribution >= 0.6 is 11.3 Å². The molecule has 0 radical (unpaired) electrons. The number of nitrogens with zero attached hydrogens (tertiary/aromatic N) is 3. The smallest absolute Gasteiger partial charge is 0.326 e. The van der Waals surface area contributed by atoms with Crippen LogP contribution in [0.5, 0.6) is 0 Å². The highest BCUT2D eigenvalue weighted by molar-refractivity contribution is 7.15. The number of amides is 1. The van der Waals surface area contributed by atoms with Crippen LogP contribution in [0.2, 0.25) is 0 Å². The standard InChI is InChI=1S/C21H15N3O4S/c1-2-28-16(25)11-23-14-9-5-3-7-12(14)17(19(23)26)18-20(27)24-15-10-6-4-8-13(15)22-21(24)29-18/h3-10H,2,11H2,1H3/b18-17+. The van der Waals surface area contributed by atoms with Crippen LogP contribution in [0.3, 0.4) is 0 Å². The number of aromatic nitrogens is 2. The first-order valence-corrected chi connectivity index (χ1v) is 9.93. The number of carbonyl (C=O) groups is 2. The van der Waals surface area contributed by atoms with Crippen molar-refractivity contribution in [3.63, 3.8) is 0 Å². The van der Waals surface area contributed by atoms with Crippen molar-refractivity contribution in [2.75, 3.05) is 18.1 Å². The molecule has 5 rings (SSSR count). The molecule has 7 nitrogen and oxygen atoms in total. The fourth-order valence-electron chi connectivity index (χ4n) is 3.66. The Balaban J connectivity index is 1.76. The molecule has 0 bridgehead atoms. The zero-order valence-electron chi connectivity index (χ0n) is 15.4. The number of imidazole rings is 1. The lowest BCUT2D eigenvalue weighted by Gasteiger charge is -2.15. The molecule has 2 aromatic carbocycles. The third-order valence-electron chi connectivity index (χ3n) is 4.86. The summed E-state index contributed by atoms with van der Waals surface area (Å²) in [6, 6.07) is 14.5. The number of esters is 1. The number of hydrogen-bond donors (Lipinski definition) is 0. The van der Waals surface area contributed by atoms with Crippen LogP contribution in [0, 0.1) is 0 Å². The van der Waals surface area contributed by atoms with Crippen LogP contribution < -0.4 is 15.0 Å². The maximum Gasteiger partial charge on any atom is 0.326 e. The molecule has 0 saturated heterocycles. The molecule has 0 saturated carbocycles. The number of ether oxygens (including phenoxy) is 1. The van der Waals surface area contributed by atoms with Crippen LogP contribution in [0.25, 0.3) is 21.6 Å². The van der Waals surface area contributed by atoms with E-state index in [0.29, 0.717) is 31.8 Å². The largest absolute Gasteiger partial charge is 0.465 e. The SMILES string of the molecule is CCOC(=O)CN1C(=O)/C(=c2/sc3nc4ccccc4n3c2=O)c2ccccc21. The van der Waals surface area contributed by atoms with Crippen LogP contribution in [0.4, 0.5) is 5.69 Å². The number of fused-ring (bicyclic) bond motifs is 4. The highest BCUT2D eigenvalue weighted by atomic mass is 32.1. The van der Waals surface area contributed by atoms with E-state index in [0.717, 1.165) is 5.52 Å². The van der Waals surface area contributed by atoms with E-state index in [2.05, 4.69) is 4.98 Å². The van der Waals surface area contributed by atoms with Crippen LogP contribution in [-0.2, 0) is 14.3 Å². The molecule has 1 aliphatic heterocycles. The van der Waals surface area contributed by atoms with E-state index < -0.39 is 5.97 Å². The van der Waals surface area contributed by atoms with Crippen LogP contribution in [0.15, 0.2) is 53.3 Å². The van der Waals surface area contributed by atoms with E-state index in [9.17, 15) is 14.4 Å². The van der Waals surface area contributed by atoms with Crippen LogP contribution in [0.1, 0.15) is 12.5 Å². The fraction of sp³-hybridized carbons (Fsp3) is 0.143. The minimum atomic E-state index is -0.494. The Kier molecular flexibility index (Phi) is 3.95. The van der Waals surface area contributed by atoms with Gasteiger partial charge in [-0.25, -0.2) is 9.38 Å². The Hall–Kier alpha value is -3.52. The van der Waals surface area contributed by atoms with Crippen LogP contribution in [-0.4, -0.2) is 34.4 Å². The summed E-state index contributed by atoms with van der Waals surface area (Å²) in [6.07, 6.45) is 0. The Morgan fingerprint density at radius 3 is 2.69 bits per heavy atom. The molecule has 3 heterocycles. The number of anilines is 1. The summed E-state index contributed by atoms with van der Waals surface area (Å²) in [5, 5.41) is 0. The Morgan fingerprint density at radius 1 is 1.10 bits per heavy atom. The Labute approximate surface area is 168 Å². The van der Waals surface area contributed by atoms with Gasteiger partial charge in [0.1, 0.15) is 11.1 Å². The van der Waals surface area contributed by atoms with Gasteiger partial charge >= 0.3 is 5.97 Å². The van der Waals surface area contributed by atoms with Gasteiger partial charge in [0.15, 0.2) is 4.96 Å². The second-order valence-electron chi connectivity index (χ2n) is 6.54. The first-order valence-electron chi connectivity index (χ1n) is 9.11. The molecule has 29 heavy (non-hydrogen) atoms. The van der Waals surface area contributed by atoms with E-state index in [4.69, 9.17) is 4.74 Å². The summed E-state index contributed by atoms with van der Waals surface area (Å²) in [6.45, 7) is 1.75. The molecule has 0 unspecified atom stereocenters. The van der Waals surface area contributed by atoms with Gasteiger partial charge in [0.2, 0.25) is 0 Å². The number of benzene rings is 2. The quantitative estimate of drug-likeness (QED) is 0.485. The molecule has 2 aromatic heterocycles. The topological polar surface area (TPSA) is 81.0 Å². The molecule has 1 aliphatic rings. The highest BCUT2D eigenvalue weighted by Gasteiger charge is 2.35. The molecule has 8 heteroatoms. The third kappa shape index (κ3) is 2.56. The summed E-state index contributed by atoms with van der Waals surface area (Å²) >= 11 is 1.18. The molecule has 144 valence electrons. The van der Waals surface area contributed by atoms with Gasteiger partial charge in [-0.05, 0) is 25.1 Å². The predicted octanol–water partition coefficient (Wildman–Crippen LogP) is 1.74. The molecule has 0 N–H and O–H groups in total. The lowest BCUT2D eigenvalue weighted by Crippen LogP contribution is -2.36. The second-order valence-corrected chi connectivity index (χ2v) is 7.52. The van der Waals surface area contributed by atoms with Crippen molar-refractivity contribution in [1.82, 2.24) is 9.38 Å². The monoisotopic (exact) mass is 405 g/mol. The van der Waals surface area contributed by atoms with Gasteiger partial charge in [-0.15, -0.1) is 0 Å². The molecular formula is C21H15N3O4S. The molecule has 0 aliphatic carbocycles. The average molecular weight is 405 g/mol. The minimum absolute atomic E-state index is 0.202. The van der Waals surface area contributed by atoms with Crippen molar-refractivity contribution in [1.29, 1.82) is 0 Å². The maximum absolute atomic E-state index is 13.2. The molecule has 0 atom stereocenters. The zero-order valence-corrected chi connectivity index (χ0v) is 16.2. The molecule has 4 aromatic rings. The van der Waals surface area contributed by atoms with Gasteiger partial charge in [0.05, 0.1) is 28.9 Å². The third-order valence-corrected chi connectivity index (χ3v) is 5.90. The second kappa shape index (κ2) is 6.52.